The summed E-state index contributed by atoms with van der Waals surface area (Å²) in [6, 6.07) is 0.699. The second kappa shape index (κ2) is 6.04. The van der Waals surface area contributed by atoms with Crippen molar-refractivity contribution < 1.29 is 0 Å². The van der Waals surface area contributed by atoms with Gasteiger partial charge in [0.05, 0.1) is 6.33 Å². The maximum Gasteiger partial charge on any atom is 0.0945 e. The van der Waals surface area contributed by atoms with Gasteiger partial charge >= 0.3 is 0 Å². The van der Waals surface area contributed by atoms with Crippen LogP contribution in [0.15, 0.2) is 18.7 Å². The number of imidazole rings is 1. The molecular formula is C13H23N3. The van der Waals surface area contributed by atoms with Crippen molar-refractivity contribution in [1.82, 2.24) is 14.9 Å². The van der Waals surface area contributed by atoms with Gasteiger partial charge < -0.3 is 9.88 Å². The van der Waals surface area contributed by atoms with Crippen molar-refractivity contribution in [2.45, 2.75) is 51.6 Å². The van der Waals surface area contributed by atoms with Gasteiger partial charge in [-0.15, -0.1) is 0 Å². The summed E-state index contributed by atoms with van der Waals surface area (Å²) in [7, 11) is 0. The number of aromatic nitrogens is 2. The largest absolute Gasteiger partial charge is 0.337 e. The molecule has 3 heteroatoms. The molecule has 0 spiro atoms. The summed E-state index contributed by atoms with van der Waals surface area (Å²) in [5.41, 5.74) is 0. The van der Waals surface area contributed by atoms with Gasteiger partial charge in [-0.3, -0.25) is 0 Å². The van der Waals surface area contributed by atoms with E-state index in [9.17, 15) is 0 Å². The highest BCUT2D eigenvalue weighted by molar-refractivity contribution is 4.77. The molecule has 0 radical (unpaired) electrons. The van der Waals surface area contributed by atoms with Crippen molar-refractivity contribution in [2.24, 2.45) is 5.92 Å². The summed E-state index contributed by atoms with van der Waals surface area (Å²) in [4.78, 5) is 4.04. The molecule has 0 unspecified atom stereocenters. The van der Waals surface area contributed by atoms with E-state index in [4.69, 9.17) is 0 Å². The van der Waals surface area contributed by atoms with Crippen molar-refractivity contribution in [3.63, 3.8) is 0 Å². The van der Waals surface area contributed by atoms with E-state index in [0.717, 1.165) is 19.0 Å². The summed E-state index contributed by atoms with van der Waals surface area (Å²) in [6.45, 7) is 4.54. The molecule has 1 fully saturated rings. The molecule has 3 nitrogen and oxygen atoms in total. The third-order valence-corrected chi connectivity index (χ3v) is 3.73. The molecule has 1 atom stereocenters. The topological polar surface area (TPSA) is 29.9 Å². The fourth-order valence-corrected chi connectivity index (χ4v) is 2.63. The summed E-state index contributed by atoms with van der Waals surface area (Å²) >= 11 is 0. The van der Waals surface area contributed by atoms with Gasteiger partial charge in [-0.2, -0.15) is 0 Å². The fourth-order valence-electron chi connectivity index (χ4n) is 2.63. The summed E-state index contributed by atoms with van der Waals surface area (Å²) in [5.74, 6) is 0.924. The molecule has 0 aromatic carbocycles. The number of nitrogens with one attached hydrogen (secondary N) is 1. The Balaban J connectivity index is 1.57. The Bertz CT molecular complexity index is 275. The van der Waals surface area contributed by atoms with E-state index in [1.807, 2.05) is 18.7 Å². The third-order valence-electron chi connectivity index (χ3n) is 3.73. The van der Waals surface area contributed by atoms with Crippen LogP contribution in [-0.4, -0.2) is 22.1 Å². The van der Waals surface area contributed by atoms with Crippen LogP contribution >= 0.6 is 0 Å². The Kier molecular flexibility index (Phi) is 4.40. The normalized spacial score (nSPS) is 19.1. The van der Waals surface area contributed by atoms with Crippen LogP contribution in [0.2, 0.25) is 0 Å². The number of nitrogens with zero attached hydrogens (tertiary/aromatic N) is 2. The number of hydrogen-bond acceptors (Lipinski definition) is 2. The Morgan fingerprint density at radius 1 is 1.44 bits per heavy atom. The molecule has 0 saturated heterocycles. The highest BCUT2D eigenvalue weighted by atomic mass is 15.0. The van der Waals surface area contributed by atoms with Crippen molar-refractivity contribution >= 4 is 0 Å². The zero-order valence-electron chi connectivity index (χ0n) is 10.2. The first-order chi connectivity index (χ1) is 7.86. The molecule has 2 rings (SSSR count). The molecule has 0 aliphatic heterocycles. The van der Waals surface area contributed by atoms with Gasteiger partial charge in [-0.25, -0.2) is 4.98 Å². The number of aryl methyl sites for hydroxylation is 1. The lowest BCUT2D eigenvalue weighted by molar-refractivity contribution is 0.376. The Morgan fingerprint density at radius 2 is 2.25 bits per heavy atom. The number of rotatable bonds is 6. The Labute approximate surface area is 98.3 Å². The van der Waals surface area contributed by atoms with Crippen LogP contribution in [0.5, 0.6) is 0 Å². The van der Waals surface area contributed by atoms with Gasteiger partial charge in [0.25, 0.3) is 0 Å². The number of hydrogen-bond donors (Lipinski definition) is 1. The van der Waals surface area contributed by atoms with Gasteiger partial charge in [-0.05, 0) is 38.6 Å². The lowest BCUT2D eigenvalue weighted by Gasteiger charge is -2.20. The molecule has 1 saturated carbocycles. The van der Waals surface area contributed by atoms with Crippen molar-refractivity contribution in [3.05, 3.63) is 18.7 Å². The molecule has 16 heavy (non-hydrogen) atoms. The second-order valence-corrected chi connectivity index (χ2v) is 4.94. The molecule has 1 aromatic rings. The smallest absolute Gasteiger partial charge is 0.0945 e. The molecule has 0 amide bonds. The lowest BCUT2D eigenvalue weighted by Crippen LogP contribution is -2.33. The van der Waals surface area contributed by atoms with Gasteiger partial charge in [0.2, 0.25) is 0 Å². The summed E-state index contributed by atoms with van der Waals surface area (Å²) in [5, 5.41) is 3.65. The van der Waals surface area contributed by atoms with Crippen molar-refractivity contribution in [3.8, 4) is 0 Å². The van der Waals surface area contributed by atoms with E-state index < -0.39 is 0 Å². The molecule has 0 bridgehead atoms. The van der Waals surface area contributed by atoms with E-state index in [1.54, 1.807) is 0 Å². The van der Waals surface area contributed by atoms with E-state index in [0.29, 0.717) is 6.04 Å². The average Bonchev–Trinajstić information content (AvgIpc) is 2.96. The standard InChI is InChI=1S/C13H23N3/c1-12(13-5-2-3-6-13)15-7-4-9-16-10-8-14-11-16/h8,10-13,15H,2-7,9H2,1H3/t12-/m0/s1. The zero-order valence-corrected chi connectivity index (χ0v) is 10.2. The van der Waals surface area contributed by atoms with E-state index in [-0.39, 0.29) is 0 Å². The zero-order chi connectivity index (χ0) is 11.2. The maximum absolute atomic E-state index is 4.04. The van der Waals surface area contributed by atoms with Crippen LogP contribution in [0.3, 0.4) is 0 Å². The molecule has 1 N–H and O–H groups in total. The van der Waals surface area contributed by atoms with Crippen molar-refractivity contribution in [1.29, 1.82) is 0 Å². The van der Waals surface area contributed by atoms with Crippen molar-refractivity contribution in [2.75, 3.05) is 6.54 Å². The van der Waals surface area contributed by atoms with E-state index in [1.165, 1.54) is 32.1 Å². The van der Waals surface area contributed by atoms with E-state index in [2.05, 4.69) is 21.8 Å². The molecular weight excluding hydrogens is 198 g/mol. The SMILES string of the molecule is C[C@H](NCCCn1ccnc1)C1CCCC1. The Morgan fingerprint density at radius 3 is 2.94 bits per heavy atom. The first kappa shape index (κ1) is 11.6. The minimum absolute atomic E-state index is 0.699. The van der Waals surface area contributed by atoms with Gasteiger partial charge in [-0.1, -0.05) is 12.8 Å². The van der Waals surface area contributed by atoms with Crippen LogP contribution in [0.1, 0.15) is 39.0 Å². The first-order valence-corrected chi connectivity index (χ1v) is 6.55. The van der Waals surface area contributed by atoms with Gasteiger partial charge in [0.15, 0.2) is 0 Å². The van der Waals surface area contributed by atoms with Gasteiger partial charge in [0.1, 0.15) is 0 Å². The third kappa shape index (κ3) is 3.34. The molecule has 1 heterocycles. The van der Waals surface area contributed by atoms with Crippen LogP contribution in [0, 0.1) is 5.92 Å². The lowest BCUT2D eigenvalue weighted by atomic mass is 10.00. The van der Waals surface area contributed by atoms with Crippen LogP contribution in [-0.2, 0) is 6.54 Å². The molecule has 1 aromatic heterocycles. The average molecular weight is 221 g/mol. The summed E-state index contributed by atoms with van der Waals surface area (Å²) < 4.78 is 2.14. The van der Waals surface area contributed by atoms with Crippen LogP contribution in [0.25, 0.3) is 0 Å². The summed E-state index contributed by atoms with van der Waals surface area (Å²) in [6.07, 6.45) is 12.7. The van der Waals surface area contributed by atoms with Gasteiger partial charge in [0, 0.05) is 25.0 Å². The second-order valence-electron chi connectivity index (χ2n) is 4.94. The predicted octanol–water partition coefficient (Wildman–Crippen LogP) is 2.44. The first-order valence-electron chi connectivity index (χ1n) is 6.55. The van der Waals surface area contributed by atoms with Crippen LogP contribution < -0.4 is 5.32 Å². The molecule has 1 aliphatic rings. The fraction of sp³-hybridized carbons (Fsp3) is 0.769. The highest BCUT2D eigenvalue weighted by Crippen LogP contribution is 2.27. The highest BCUT2D eigenvalue weighted by Gasteiger charge is 2.20. The van der Waals surface area contributed by atoms with Crippen LogP contribution in [0.4, 0.5) is 0 Å². The minimum Gasteiger partial charge on any atom is -0.337 e. The minimum atomic E-state index is 0.699. The quantitative estimate of drug-likeness (QED) is 0.748. The predicted molar refractivity (Wildman–Crippen MR) is 66.3 cm³/mol. The maximum atomic E-state index is 4.04. The molecule has 90 valence electrons. The monoisotopic (exact) mass is 221 g/mol. The molecule has 1 aliphatic carbocycles. The van der Waals surface area contributed by atoms with E-state index >= 15 is 0 Å². The Hall–Kier alpha value is -0.830.